The molecule has 2 aromatic heterocycles. The second kappa shape index (κ2) is 16.0. The molecule has 7 aromatic carbocycles. The van der Waals surface area contributed by atoms with Gasteiger partial charge in [0.25, 0.3) is 0 Å². The minimum Gasteiger partial charge on any atom is -0.507 e. The van der Waals surface area contributed by atoms with E-state index >= 15 is 0 Å². The van der Waals surface area contributed by atoms with E-state index in [1.807, 2.05) is 102 Å². The zero-order chi connectivity index (χ0) is 43.3. The van der Waals surface area contributed by atoms with Crippen molar-refractivity contribution in [2.24, 2.45) is 0 Å². The summed E-state index contributed by atoms with van der Waals surface area (Å²) in [5, 5.41) is 11.8. The molecule has 1 N–H and O–H groups in total. The maximum atomic E-state index is 11.8. The number of benzene rings is 7. The van der Waals surface area contributed by atoms with Crippen LogP contribution in [0.5, 0.6) is 5.75 Å². The fourth-order valence-electron chi connectivity index (χ4n) is 8.22. The highest BCUT2D eigenvalue weighted by atomic mass is 16.3. The van der Waals surface area contributed by atoms with Crippen LogP contribution in [0.2, 0.25) is 0 Å². The summed E-state index contributed by atoms with van der Waals surface area (Å²) < 4.78 is 19.8. The first-order chi connectivity index (χ1) is 29.7. The molecule has 2 heterocycles. The predicted octanol–water partition coefficient (Wildman–Crippen LogP) is 15.0. The Hall–Kier alpha value is -7.04. The van der Waals surface area contributed by atoms with Gasteiger partial charge in [0.15, 0.2) is 0 Å². The molecule has 0 unspecified atom stereocenters. The van der Waals surface area contributed by atoms with Gasteiger partial charge in [0.1, 0.15) is 11.6 Å². The molecule has 294 valence electrons. The minimum absolute atomic E-state index is 0.186. The Bertz CT molecular complexity index is 3100. The Morgan fingerprint density at radius 3 is 1.83 bits per heavy atom. The maximum absolute atomic E-state index is 11.8. The van der Waals surface area contributed by atoms with Crippen LogP contribution in [0.4, 0.5) is 0 Å². The van der Waals surface area contributed by atoms with E-state index in [9.17, 15) is 5.11 Å². The van der Waals surface area contributed by atoms with Gasteiger partial charge in [0.2, 0.25) is 0 Å². The number of nitrogens with zero attached hydrogens (tertiary/aromatic N) is 3. The normalized spacial score (nSPS) is 12.4. The Kier molecular flexibility index (Phi) is 9.59. The van der Waals surface area contributed by atoms with Gasteiger partial charge in [-0.05, 0) is 141 Å². The zero-order valence-corrected chi connectivity index (χ0v) is 35.0. The summed E-state index contributed by atoms with van der Waals surface area (Å²) in [4.78, 5) is 10.4. The van der Waals surface area contributed by atoms with E-state index in [0.29, 0.717) is 11.4 Å². The lowest BCUT2D eigenvalue weighted by atomic mass is 9.93. The van der Waals surface area contributed by atoms with Crippen LogP contribution in [0, 0.1) is 13.8 Å². The van der Waals surface area contributed by atoms with Crippen molar-refractivity contribution in [3.63, 3.8) is 0 Å². The minimum atomic E-state index is -0.884. The monoisotopic (exact) mass is 781 g/mol. The third-order valence-electron chi connectivity index (χ3n) is 11.4. The first-order valence-corrected chi connectivity index (χ1v) is 20.5. The molecule has 0 saturated carbocycles. The lowest BCUT2D eigenvalue weighted by Crippen LogP contribution is -2.01. The second-order valence-electron chi connectivity index (χ2n) is 16.2. The van der Waals surface area contributed by atoms with E-state index in [1.165, 1.54) is 0 Å². The van der Waals surface area contributed by atoms with E-state index in [-0.39, 0.29) is 5.75 Å². The fraction of sp³-hybridized carbons (Fsp3) is 0.143. The standard InChI is InChI=1S/C56H49N3O/c1-35(2)39-20-22-42(23-21-39)43-24-25-57-52(34-43)48-30-45(40-14-9-7-10-15-40)29-47(31-48)50-18-13-19-53-54(50)58-56(51-27-37(5)26-38(6)55(51)60)59(53)49-32-44(36(3)4)28-46(33-49)41-16-11-8-12-17-41/h7-36,60H,1-6H3/i35D,36D. The van der Waals surface area contributed by atoms with Crippen LogP contribution in [0.25, 0.3) is 83.9 Å². The van der Waals surface area contributed by atoms with Gasteiger partial charge in [-0.25, -0.2) is 4.98 Å². The van der Waals surface area contributed by atoms with Crippen molar-refractivity contribution in [3.05, 3.63) is 192 Å². The van der Waals surface area contributed by atoms with Gasteiger partial charge in [0.05, 0.1) is 22.3 Å². The Balaban J connectivity index is 1.29. The number of phenols is 1. The largest absolute Gasteiger partial charge is 0.507 e. The number of aryl methyl sites for hydroxylation is 2. The third kappa shape index (κ3) is 7.42. The van der Waals surface area contributed by atoms with Gasteiger partial charge < -0.3 is 5.11 Å². The van der Waals surface area contributed by atoms with Crippen molar-refractivity contribution >= 4 is 11.0 Å². The molecule has 4 nitrogen and oxygen atoms in total. The van der Waals surface area contributed by atoms with E-state index in [2.05, 4.69) is 114 Å². The third-order valence-corrected chi connectivity index (χ3v) is 11.4. The Morgan fingerprint density at radius 1 is 0.517 bits per heavy atom. The number of aromatic nitrogens is 3. The second-order valence-corrected chi connectivity index (χ2v) is 16.2. The van der Waals surface area contributed by atoms with Crippen LogP contribution in [0.3, 0.4) is 0 Å². The number of pyridine rings is 1. The summed E-state index contributed by atoms with van der Waals surface area (Å²) in [5.41, 5.74) is 16.8. The van der Waals surface area contributed by atoms with Gasteiger partial charge >= 0.3 is 0 Å². The summed E-state index contributed by atoms with van der Waals surface area (Å²) in [7, 11) is 0. The molecule has 9 rings (SSSR count). The summed E-state index contributed by atoms with van der Waals surface area (Å²) in [6.07, 6.45) is 1.86. The molecule has 0 aliphatic rings. The molecule has 0 bridgehead atoms. The summed E-state index contributed by atoms with van der Waals surface area (Å²) >= 11 is 0. The highest BCUT2D eigenvalue weighted by Gasteiger charge is 2.23. The quantitative estimate of drug-likeness (QED) is 0.159. The molecule has 0 aliphatic heterocycles. The molecule has 0 aliphatic carbocycles. The van der Waals surface area contributed by atoms with Crippen molar-refractivity contribution in [1.82, 2.24) is 14.5 Å². The van der Waals surface area contributed by atoms with Crippen LogP contribution in [0.1, 0.15) is 64.5 Å². The molecule has 60 heavy (non-hydrogen) atoms. The van der Waals surface area contributed by atoms with Crippen molar-refractivity contribution in [2.75, 3.05) is 0 Å². The molecule has 0 spiro atoms. The highest BCUT2D eigenvalue weighted by molar-refractivity contribution is 5.98. The molecule has 4 heteroatoms. The molecule has 0 fully saturated rings. The number of para-hydroxylation sites is 1. The number of hydrogen-bond donors (Lipinski definition) is 1. The number of fused-ring (bicyclic) bond motifs is 1. The molecule has 0 saturated heterocycles. The molecule has 9 aromatic rings. The molecular formula is C56H49N3O. The highest BCUT2D eigenvalue weighted by Crippen LogP contribution is 2.42. The summed E-state index contributed by atoms with van der Waals surface area (Å²) in [6.45, 7) is 11.6. The van der Waals surface area contributed by atoms with Gasteiger partial charge in [0, 0.05) is 25.8 Å². The van der Waals surface area contributed by atoms with Crippen LogP contribution >= 0.6 is 0 Å². The zero-order valence-electron chi connectivity index (χ0n) is 37.0. The van der Waals surface area contributed by atoms with Crippen molar-refractivity contribution < 1.29 is 7.85 Å². The predicted molar refractivity (Wildman–Crippen MR) is 251 cm³/mol. The SMILES string of the molecule is [2H]C(C)(C)c1ccc(-c2ccnc(-c3cc(-c4ccccc4)cc(-c4cccc5c4nc(-c4cc(C)cc(C)c4O)n5-c4cc(-c5ccccc5)cc(C([2H])(C)C)c4)c3)c2)cc1. The number of hydrogen-bond acceptors (Lipinski definition) is 3. The van der Waals surface area contributed by atoms with Crippen molar-refractivity contribution in [2.45, 2.75) is 53.3 Å². The van der Waals surface area contributed by atoms with E-state index in [1.54, 1.807) is 0 Å². The molecule has 0 atom stereocenters. The fourth-order valence-corrected chi connectivity index (χ4v) is 8.22. The van der Waals surface area contributed by atoms with Crippen LogP contribution in [0.15, 0.2) is 170 Å². The lowest BCUT2D eigenvalue weighted by Gasteiger charge is -2.17. The van der Waals surface area contributed by atoms with Crippen molar-refractivity contribution in [3.8, 4) is 78.6 Å². The van der Waals surface area contributed by atoms with Gasteiger partial charge in [-0.2, -0.15) is 0 Å². The van der Waals surface area contributed by atoms with E-state index in [0.717, 1.165) is 94.7 Å². The number of imidazole rings is 1. The Morgan fingerprint density at radius 2 is 1.15 bits per heavy atom. The average molecular weight is 782 g/mol. The molecule has 0 radical (unpaired) electrons. The van der Waals surface area contributed by atoms with Crippen LogP contribution < -0.4 is 0 Å². The summed E-state index contributed by atoms with van der Waals surface area (Å²) in [6, 6.07) is 56.4. The topological polar surface area (TPSA) is 50.9 Å². The maximum Gasteiger partial charge on any atom is 0.149 e. The lowest BCUT2D eigenvalue weighted by molar-refractivity contribution is 0.472. The summed E-state index contributed by atoms with van der Waals surface area (Å²) in [5.74, 6) is -0.760. The first kappa shape index (κ1) is 36.1. The van der Waals surface area contributed by atoms with E-state index in [4.69, 9.17) is 12.7 Å². The van der Waals surface area contributed by atoms with Gasteiger partial charge in [-0.3, -0.25) is 9.55 Å². The van der Waals surface area contributed by atoms with E-state index < -0.39 is 11.8 Å². The van der Waals surface area contributed by atoms with Crippen LogP contribution in [-0.4, -0.2) is 19.6 Å². The number of rotatable bonds is 9. The van der Waals surface area contributed by atoms with Gasteiger partial charge in [-0.15, -0.1) is 0 Å². The molecular weight excluding hydrogens is 731 g/mol. The Labute approximate surface area is 356 Å². The van der Waals surface area contributed by atoms with Crippen LogP contribution in [-0.2, 0) is 0 Å². The molecule has 0 amide bonds. The number of aromatic hydroxyl groups is 1. The first-order valence-electron chi connectivity index (χ1n) is 21.5. The smallest absolute Gasteiger partial charge is 0.149 e. The average Bonchev–Trinajstić information content (AvgIpc) is 3.67. The van der Waals surface area contributed by atoms with Crippen molar-refractivity contribution in [1.29, 1.82) is 0 Å². The number of phenolic OH excluding ortho intramolecular Hbond substituents is 1. The van der Waals surface area contributed by atoms with Gasteiger partial charge in [-0.1, -0.05) is 137 Å².